The van der Waals surface area contributed by atoms with E-state index in [4.69, 9.17) is 16.3 Å². The third-order valence-corrected chi connectivity index (χ3v) is 6.09. The molecule has 0 amide bonds. The molecular weight excluding hydrogens is 380 g/mol. The second kappa shape index (κ2) is 10.1. The summed E-state index contributed by atoms with van der Waals surface area (Å²) in [4.78, 5) is 10.4. The summed E-state index contributed by atoms with van der Waals surface area (Å²) in [5.74, 6) is 0.865. The number of rotatable bonds is 6. The predicted octanol–water partition coefficient (Wildman–Crippen LogP) is 3.48. The van der Waals surface area contributed by atoms with E-state index in [1.54, 1.807) is 11.3 Å². The minimum absolute atomic E-state index is 0.319. The summed E-state index contributed by atoms with van der Waals surface area (Å²) in [6.07, 6.45) is 0. The molecule has 1 saturated heterocycles. The lowest BCUT2D eigenvalue weighted by Gasteiger charge is -2.35. The van der Waals surface area contributed by atoms with E-state index < -0.39 is 0 Å². The molecule has 0 bridgehead atoms. The van der Waals surface area contributed by atoms with Gasteiger partial charge in [0.1, 0.15) is 0 Å². The maximum atomic E-state index is 6.31. The lowest BCUT2D eigenvalue weighted by atomic mass is 10.2. The molecule has 5 nitrogen and oxygen atoms in total. The number of aliphatic imine (C=N–C) groups is 1. The number of hydrogen-bond donors (Lipinski definition) is 1. The van der Waals surface area contributed by atoms with Crippen molar-refractivity contribution < 1.29 is 4.74 Å². The van der Waals surface area contributed by atoms with Crippen molar-refractivity contribution in [1.82, 2.24) is 15.1 Å². The van der Waals surface area contributed by atoms with Crippen LogP contribution in [0.15, 0.2) is 46.8 Å². The number of ether oxygens (including phenoxy) is 1. The first kappa shape index (κ1) is 20.1. The molecule has 0 aliphatic carbocycles. The molecule has 1 aromatic heterocycles. The van der Waals surface area contributed by atoms with E-state index >= 15 is 0 Å². The first-order chi connectivity index (χ1) is 13.2. The van der Waals surface area contributed by atoms with Gasteiger partial charge in [-0.15, -0.1) is 11.3 Å². The minimum atomic E-state index is 0.319. The monoisotopic (exact) mass is 406 g/mol. The molecule has 1 aromatic carbocycles. The number of benzene rings is 1. The van der Waals surface area contributed by atoms with E-state index in [0.29, 0.717) is 12.6 Å². The van der Waals surface area contributed by atoms with Crippen LogP contribution in [0.4, 0.5) is 0 Å². The van der Waals surface area contributed by atoms with Gasteiger partial charge in [-0.25, -0.2) is 0 Å². The van der Waals surface area contributed by atoms with Crippen molar-refractivity contribution >= 4 is 28.9 Å². The van der Waals surface area contributed by atoms with Crippen LogP contribution in [0.5, 0.6) is 0 Å². The smallest absolute Gasteiger partial charge is 0.193 e. The van der Waals surface area contributed by atoms with Crippen molar-refractivity contribution in [2.45, 2.75) is 12.6 Å². The Hall–Kier alpha value is -1.60. The Morgan fingerprint density at radius 2 is 2.07 bits per heavy atom. The molecule has 0 saturated carbocycles. The highest BCUT2D eigenvalue weighted by Gasteiger charge is 2.24. The van der Waals surface area contributed by atoms with Gasteiger partial charge >= 0.3 is 0 Å². The standard InChI is InChI=1S/C20H27ClN4OS/c1-22-20(24(2)15-16-6-3-4-7-17(16)21)23-14-18(19-8-5-13-27-19)25-9-11-26-12-10-25/h3-8,13,18H,9-12,14-15H2,1-2H3,(H,22,23). The van der Waals surface area contributed by atoms with Crippen molar-refractivity contribution in [3.63, 3.8) is 0 Å². The highest BCUT2D eigenvalue weighted by molar-refractivity contribution is 7.10. The lowest BCUT2D eigenvalue weighted by Crippen LogP contribution is -2.46. The fourth-order valence-electron chi connectivity index (χ4n) is 3.31. The maximum absolute atomic E-state index is 6.31. The fraction of sp³-hybridized carbons (Fsp3) is 0.450. The van der Waals surface area contributed by atoms with Gasteiger partial charge in [0.2, 0.25) is 0 Å². The second-order valence-electron chi connectivity index (χ2n) is 6.56. The van der Waals surface area contributed by atoms with Gasteiger partial charge in [-0.05, 0) is 23.1 Å². The summed E-state index contributed by atoms with van der Waals surface area (Å²) in [7, 11) is 3.86. The van der Waals surface area contributed by atoms with Crippen LogP contribution >= 0.6 is 22.9 Å². The minimum Gasteiger partial charge on any atom is -0.379 e. The van der Waals surface area contributed by atoms with Gasteiger partial charge in [-0.1, -0.05) is 35.9 Å². The molecule has 1 fully saturated rings. The van der Waals surface area contributed by atoms with Crippen LogP contribution in [0.1, 0.15) is 16.5 Å². The molecule has 7 heteroatoms. The third-order valence-electron chi connectivity index (χ3n) is 4.75. The van der Waals surface area contributed by atoms with Crippen LogP contribution in [0, 0.1) is 0 Å². The summed E-state index contributed by atoms with van der Waals surface area (Å²) in [6.45, 7) is 5.02. The number of guanidine groups is 1. The van der Waals surface area contributed by atoms with Crippen molar-refractivity contribution in [3.05, 3.63) is 57.2 Å². The van der Waals surface area contributed by atoms with Crippen LogP contribution in [-0.2, 0) is 11.3 Å². The van der Waals surface area contributed by atoms with Crippen molar-refractivity contribution in [3.8, 4) is 0 Å². The molecule has 1 unspecified atom stereocenters. The molecular formula is C20H27ClN4OS. The lowest BCUT2D eigenvalue weighted by molar-refractivity contribution is 0.0176. The highest BCUT2D eigenvalue weighted by atomic mass is 35.5. The average Bonchev–Trinajstić information content (AvgIpc) is 3.22. The first-order valence-electron chi connectivity index (χ1n) is 9.19. The Bertz CT molecular complexity index is 731. The Labute approximate surface area is 170 Å². The molecule has 0 radical (unpaired) electrons. The van der Waals surface area contributed by atoms with Gasteiger partial charge in [0.15, 0.2) is 5.96 Å². The zero-order chi connectivity index (χ0) is 19.1. The summed E-state index contributed by atoms with van der Waals surface area (Å²) < 4.78 is 5.53. The summed E-state index contributed by atoms with van der Waals surface area (Å²) in [5.41, 5.74) is 1.09. The first-order valence-corrected chi connectivity index (χ1v) is 10.4. The third kappa shape index (κ3) is 5.45. The Morgan fingerprint density at radius 3 is 2.74 bits per heavy atom. The van der Waals surface area contributed by atoms with E-state index in [0.717, 1.165) is 49.4 Å². The Balaban J connectivity index is 1.64. The van der Waals surface area contributed by atoms with Crippen LogP contribution < -0.4 is 5.32 Å². The summed E-state index contributed by atoms with van der Waals surface area (Å²) in [5, 5.41) is 6.47. The Kier molecular flexibility index (Phi) is 7.52. The van der Waals surface area contributed by atoms with Crippen molar-refractivity contribution in [2.24, 2.45) is 4.99 Å². The predicted molar refractivity (Wildman–Crippen MR) is 114 cm³/mol. The molecule has 146 valence electrons. The molecule has 3 rings (SSSR count). The van der Waals surface area contributed by atoms with Crippen molar-refractivity contribution in [1.29, 1.82) is 0 Å². The van der Waals surface area contributed by atoms with Crippen LogP contribution in [0.2, 0.25) is 5.02 Å². The largest absolute Gasteiger partial charge is 0.379 e. The van der Waals surface area contributed by atoms with Crippen LogP contribution in [-0.4, -0.2) is 62.7 Å². The average molecular weight is 407 g/mol. The number of halogens is 1. The van der Waals surface area contributed by atoms with Crippen LogP contribution in [0.25, 0.3) is 0 Å². The maximum Gasteiger partial charge on any atom is 0.193 e. The molecule has 1 aliphatic heterocycles. The number of hydrogen-bond acceptors (Lipinski definition) is 4. The second-order valence-corrected chi connectivity index (χ2v) is 7.94. The molecule has 1 atom stereocenters. The molecule has 1 aliphatic rings. The molecule has 27 heavy (non-hydrogen) atoms. The van der Waals surface area contributed by atoms with E-state index in [-0.39, 0.29) is 0 Å². The summed E-state index contributed by atoms with van der Waals surface area (Å²) >= 11 is 8.11. The summed E-state index contributed by atoms with van der Waals surface area (Å²) in [6, 6.07) is 12.6. The van der Waals surface area contributed by atoms with Gasteiger partial charge in [-0.3, -0.25) is 9.89 Å². The number of nitrogens with zero attached hydrogens (tertiary/aromatic N) is 3. The van der Waals surface area contributed by atoms with E-state index in [1.807, 2.05) is 38.4 Å². The van der Waals surface area contributed by atoms with Gasteiger partial charge in [0.05, 0.1) is 19.3 Å². The number of nitrogens with one attached hydrogen (secondary N) is 1. The fourth-order valence-corrected chi connectivity index (χ4v) is 4.37. The van der Waals surface area contributed by atoms with Gasteiger partial charge < -0.3 is 15.0 Å². The van der Waals surface area contributed by atoms with E-state index in [9.17, 15) is 0 Å². The molecule has 2 heterocycles. The van der Waals surface area contributed by atoms with Crippen LogP contribution in [0.3, 0.4) is 0 Å². The Morgan fingerprint density at radius 1 is 1.30 bits per heavy atom. The topological polar surface area (TPSA) is 40.1 Å². The van der Waals surface area contributed by atoms with Crippen molar-refractivity contribution in [2.75, 3.05) is 46.9 Å². The zero-order valence-electron chi connectivity index (χ0n) is 15.9. The highest BCUT2D eigenvalue weighted by Crippen LogP contribution is 2.25. The van der Waals surface area contributed by atoms with Gasteiger partial charge in [0, 0.05) is 50.2 Å². The molecule has 0 spiro atoms. The van der Waals surface area contributed by atoms with Gasteiger partial charge in [-0.2, -0.15) is 0 Å². The van der Waals surface area contributed by atoms with E-state index in [1.165, 1.54) is 4.88 Å². The van der Waals surface area contributed by atoms with E-state index in [2.05, 4.69) is 37.6 Å². The number of thiophene rings is 1. The zero-order valence-corrected chi connectivity index (χ0v) is 17.5. The normalized spacial score (nSPS) is 16.9. The quantitative estimate of drug-likeness (QED) is 0.589. The SMILES string of the molecule is CN=C(NCC(c1cccs1)N1CCOCC1)N(C)Cc1ccccc1Cl. The molecule has 1 N–H and O–H groups in total. The number of morpholine rings is 1. The van der Waals surface area contributed by atoms with Gasteiger partial charge in [0.25, 0.3) is 0 Å². The molecule has 2 aromatic rings.